The highest BCUT2D eigenvalue weighted by atomic mass is 79.9. The number of rotatable bonds is 3. The van der Waals surface area contributed by atoms with Gasteiger partial charge in [-0.05, 0) is 42.5 Å². The smallest absolute Gasteiger partial charge is 0.0541 e. The maximum Gasteiger partial charge on any atom is 0.0541 e. The summed E-state index contributed by atoms with van der Waals surface area (Å²) < 4.78 is 2.17. The molecule has 0 N–H and O–H groups in total. The molecular weight excluding hydrogens is 438 g/mol. The van der Waals surface area contributed by atoms with Crippen molar-refractivity contribution in [3.8, 4) is 0 Å². The molecule has 0 bridgehead atoms. The van der Waals surface area contributed by atoms with Crippen LogP contribution in [0.4, 0.5) is 17.1 Å². The molecular formula is C22H15Br2N. The van der Waals surface area contributed by atoms with Gasteiger partial charge >= 0.3 is 0 Å². The Hall–Kier alpha value is -2.10. The van der Waals surface area contributed by atoms with E-state index in [9.17, 15) is 0 Å². The fourth-order valence-electron chi connectivity index (χ4n) is 3.08. The number of nitrogens with zero attached hydrogens (tertiary/aromatic N) is 1. The maximum atomic E-state index is 3.69. The van der Waals surface area contributed by atoms with Crippen LogP contribution in [0.25, 0.3) is 10.8 Å². The molecule has 0 aliphatic carbocycles. The van der Waals surface area contributed by atoms with Crippen molar-refractivity contribution in [2.75, 3.05) is 4.90 Å². The Kier molecular flexibility index (Phi) is 4.60. The van der Waals surface area contributed by atoms with Crippen LogP contribution in [-0.4, -0.2) is 0 Å². The second kappa shape index (κ2) is 7.03. The van der Waals surface area contributed by atoms with E-state index in [0.29, 0.717) is 0 Å². The first-order chi connectivity index (χ1) is 12.3. The van der Waals surface area contributed by atoms with Crippen LogP contribution in [0.15, 0.2) is 99.9 Å². The Morgan fingerprint density at radius 1 is 0.520 bits per heavy atom. The summed E-state index contributed by atoms with van der Waals surface area (Å²) >= 11 is 7.39. The van der Waals surface area contributed by atoms with E-state index in [1.165, 1.54) is 10.8 Å². The zero-order valence-corrected chi connectivity index (χ0v) is 16.5. The van der Waals surface area contributed by atoms with Crippen molar-refractivity contribution in [3.63, 3.8) is 0 Å². The lowest BCUT2D eigenvalue weighted by molar-refractivity contribution is 1.30. The topological polar surface area (TPSA) is 3.24 Å². The van der Waals surface area contributed by atoms with E-state index in [2.05, 4.69) is 116 Å². The van der Waals surface area contributed by atoms with E-state index < -0.39 is 0 Å². The molecule has 0 saturated heterocycles. The van der Waals surface area contributed by atoms with Gasteiger partial charge in [-0.3, -0.25) is 0 Å². The highest BCUT2D eigenvalue weighted by Crippen LogP contribution is 2.42. The van der Waals surface area contributed by atoms with E-state index in [4.69, 9.17) is 0 Å². The predicted octanol–water partition coefficient (Wildman–Crippen LogP) is 7.83. The summed E-state index contributed by atoms with van der Waals surface area (Å²) in [6.07, 6.45) is 0. The molecule has 0 aliphatic heterocycles. The number of anilines is 3. The van der Waals surface area contributed by atoms with E-state index >= 15 is 0 Å². The van der Waals surface area contributed by atoms with E-state index in [-0.39, 0.29) is 0 Å². The quantitative estimate of drug-likeness (QED) is 0.306. The first-order valence-electron chi connectivity index (χ1n) is 8.02. The van der Waals surface area contributed by atoms with Crippen LogP contribution in [0, 0.1) is 0 Å². The summed E-state index contributed by atoms with van der Waals surface area (Å²) in [6, 6.07) is 31.5. The molecule has 1 nitrogen and oxygen atoms in total. The van der Waals surface area contributed by atoms with Crippen molar-refractivity contribution in [1.82, 2.24) is 0 Å². The summed E-state index contributed by atoms with van der Waals surface area (Å²) in [5.74, 6) is 0. The van der Waals surface area contributed by atoms with Gasteiger partial charge in [0.25, 0.3) is 0 Å². The molecule has 0 heterocycles. The first kappa shape index (κ1) is 16.4. The van der Waals surface area contributed by atoms with Gasteiger partial charge in [-0.2, -0.15) is 0 Å². The predicted molar refractivity (Wildman–Crippen MR) is 114 cm³/mol. The normalized spacial score (nSPS) is 10.8. The van der Waals surface area contributed by atoms with Crippen molar-refractivity contribution >= 4 is 59.7 Å². The largest absolute Gasteiger partial charge is 0.310 e. The van der Waals surface area contributed by atoms with Gasteiger partial charge in [0.15, 0.2) is 0 Å². The molecule has 0 spiro atoms. The Labute approximate surface area is 164 Å². The molecule has 0 aromatic heterocycles. The van der Waals surface area contributed by atoms with Crippen LogP contribution < -0.4 is 4.90 Å². The van der Waals surface area contributed by atoms with Gasteiger partial charge in [-0.25, -0.2) is 0 Å². The molecule has 0 amide bonds. The van der Waals surface area contributed by atoms with Gasteiger partial charge in [-0.15, -0.1) is 0 Å². The van der Waals surface area contributed by atoms with Crippen LogP contribution in [0.2, 0.25) is 0 Å². The van der Waals surface area contributed by atoms with Crippen LogP contribution in [-0.2, 0) is 0 Å². The third-order valence-electron chi connectivity index (χ3n) is 4.19. The van der Waals surface area contributed by atoms with Gasteiger partial charge in [-0.1, -0.05) is 80.4 Å². The number of hydrogen-bond acceptors (Lipinski definition) is 1. The highest BCUT2D eigenvalue weighted by Gasteiger charge is 2.16. The van der Waals surface area contributed by atoms with Crippen LogP contribution in [0.3, 0.4) is 0 Å². The monoisotopic (exact) mass is 451 g/mol. The van der Waals surface area contributed by atoms with E-state index in [0.717, 1.165) is 26.0 Å². The molecule has 25 heavy (non-hydrogen) atoms. The molecule has 4 aromatic carbocycles. The minimum Gasteiger partial charge on any atom is -0.310 e. The van der Waals surface area contributed by atoms with E-state index in [1.54, 1.807) is 0 Å². The first-order valence-corrected chi connectivity index (χ1v) is 9.61. The van der Waals surface area contributed by atoms with Gasteiger partial charge in [0.1, 0.15) is 0 Å². The lowest BCUT2D eigenvalue weighted by Crippen LogP contribution is -2.10. The van der Waals surface area contributed by atoms with Crippen LogP contribution in [0.5, 0.6) is 0 Å². The van der Waals surface area contributed by atoms with E-state index in [1.807, 2.05) is 12.1 Å². The molecule has 122 valence electrons. The molecule has 0 unspecified atom stereocenters. The lowest BCUT2D eigenvalue weighted by atomic mass is 10.1. The second-order valence-corrected chi connectivity index (χ2v) is 7.44. The van der Waals surface area contributed by atoms with Crippen molar-refractivity contribution in [1.29, 1.82) is 0 Å². The summed E-state index contributed by atoms with van der Waals surface area (Å²) in [4.78, 5) is 2.29. The minimum absolute atomic E-state index is 1.08. The Bertz CT molecular complexity index is 966. The molecule has 3 heteroatoms. The summed E-state index contributed by atoms with van der Waals surface area (Å²) in [5, 5.41) is 2.37. The Balaban J connectivity index is 2.03. The van der Waals surface area contributed by atoms with Crippen LogP contribution in [0.1, 0.15) is 0 Å². The maximum absolute atomic E-state index is 3.69. The average Bonchev–Trinajstić information content (AvgIpc) is 2.66. The van der Waals surface area contributed by atoms with Crippen molar-refractivity contribution < 1.29 is 0 Å². The van der Waals surface area contributed by atoms with Gasteiger partial charge < -0.3 is 4.90 Å². The lowest BCUT2D eigenvalue weighted by Gasteiger charge is -2.27. The molecule has 0 aliphatic rings. The third-order valence-corrected chi connectivity index (χ3v) is 5.51. The summed E-state index contributed by atoms with van der Waals surface area (Å²) in [6.45, 7) is 0. The number of halogens is 2. The number of hydrogen-bond donors (Lipinski definition) is 0. The third kappa shape index (κ3) is 3.10. The molecule has 0 radical (unpaired) electrons. The summed E-state index contributed by atoms with van der Waals surface area (Å²) in [7, 11) is 0. The molecule has 4 aromatic rings. The minimum atomic E-state index is 1.08. The zero-order valence-electron chi connectivity index (χ0n) is 13.4. The number of para-hydroxylation sites is 2. The van der Waals surface area contributed by atoms with Gasteiger partial charge in [0.05, 0.1) is 5.69 Å². The van der Waals surface area contributed by atoms with Crippen molar-refractivity contribution in [2.24, 2.45) is 0 Å². The zero-order chi connectivity index (χ0) is 17.2. The SMILES string of the molecule is Brc1cccc2c(N(c3ccccc3)c3ccccc3)ccc(Br)c12. The molecule has 0 saturated carbocycles. The standard InChI is InChI=1S/C22H15Br2N/c23-19-13-7-12-18-21(15-14-20(24)22(18)19)25(16-8-3-1-4-9-16)17-10-5-2-6-11-17/h1-15H. The Morgan fingerprint density at radius 3 is 1.68 bits per heavy atom. The number of fused-ring (bicyclic) bond motifs is 1. The molecule has 0 atom stereocenters. The average molecular weight is 453 g/mol. The number of benzene rings is 4. The summed E-state index contributed by atoms with van der Waals surface area (Å²) in [5.41, 5.74) is 3.42. The van der Waals surface area contributed by atoms with Crippen molar-refractivity contribution in [3.05, 3.63) is 99.9 Å². The fraction of sp³-hybridized carbons (Fsp3) is 0. The molecule has 4 rings (SSSR count). The highest BCUT2D eigenvalue weighted by molar-refractivity contribution is 9.11. The van der Waals surface area contributed by atoms with Crippen LogP contribution >= 0.6 is 31.9 Å². The fourth-order valence-corrected chi connectivity index (χ4v) is 4.49. The van der Waals surface area contributed by atoms with Gasteiger partial charge in [0, 0.05) is 31.1 Å². The molecule has 0 fully saturated rings. The second-order valence-electron chi connectivity index (χ2n) is 5.74. The van der Waals surface area contributed by atoms with Gasteiger partial charge in [0.2, 0.25) is 0 Å². The Morgan fingerprint density at radius 2 is 1.08 bits per heavy atom. The van der Waals surface area contributed by atoms with Crippen molar-refractivity contribution in [2.45, 2.75) is 0 Å².